The van der Waals surface area contributed by atoms with Crippen molar-refractivity contribution in [3.63, 3.8) is 0 Å². The first-order chi connectivity index (χ1) is 4.52. The van der Waals surface area contributed by atoms with Crippen molar-refractivity contribution in [1.29, 1.82) is 0 Å². The summed E-state index contributed by atoms with van der Waals surface area (Å²) in [6.07, 6.45) is 1.48. The molecule has 0 bridgehead atoms. The average Bonchev–Trinajstić information content (AvgIpc) is 1.80. The molecule has 4 nitrogen and oxygen atoms in total. The number of hydrogen-bond donors (Lipinski definition) is 1. The van der Waals surface area contributed by atoms with Gasteiger partial charge in [0.2, 0.25) is 0 Å². The van der Waals surface area contributed by atoms with Gasteiger partial charge < -0.3 is 4.74 Å². The molecule has 0 aliphatic carbocycles. The fourth-order valence-corrected chi connectivity index (χ4v) is 1.88. The molecule has 0 aliphatic rings. The van der Waals surface area contributed by atoms with Gasteiger partial charge in [-0.1, -0.05) is 0 Å². The second-order valence-corrected chi connectivity index (χ2v) is 4.12. The van der Waals surface area contributed by atoms with Gasteiger partial charge >= 0.3 is 10.1 Å². The van der Waals surface area contributed by atoms with Gasteiger partial charge in [0.15, 0.2) is 0 Å². The van der Waals surface area contributed by atoms with E-state index in [1.165, 1.54) is 6.26 Å². The van der Waals surface area contributed by atoms with Crippen LogP contribution in [-0.4, -0.2) is 29.5 Å². The van der Waals surface area contributed by atoms with Crippen molar-refractivity contribution in [3.05, 3.63) is 0 Å². The lowest BCUT2D eigenvalue weighted by Gasteiger charge is -2.07. The zero-order valence-electron chi connectivity index (χ0n) is 5.05. The van der Waals surface area contributed by atoms with E-state index in [0.29, 0.717) is 0 Å². The van der Waals surface area contributed by atoms with Gasteiger partial charge in [-0.2, -0.15) is 8.42 Å². The molecule has 1 unspecified atom stereocenters. The molecule has 0 saturated heterocycles. The predicted molar refractivity (Wildman–Crippen MR) is 43.6 cm³/mol. The minimum atomic E-state index is -4.13. The van der Waals surface area contributed by atoms with E-state index in [1.54, 1.807) is 0 Å². The van der Waals surface area contributed by atoms with E-state index < -0.39 is 14.9 Å². The van der Waals surface area contributed by atoms with E-state index >= 15 is 0 Å². The third-order valence-corrected chi connectivity index (χ3v) is 3.11. The lowest BCUT2D eigenvalue weighted by atomic mass is 11.5. The molecule has 1 N–H and O–H groups in total. The molecule has 0 spiro atoms. The van der Waals surface area contributed by atoms with Crippen molar-refractivity contribution < 1.29 is 17.7 Å². The van der Waals surface area contributed by atoms with Gasteiger partial charge in [-0.3, -0.25) is 4.55 Å². The number of thioether (sulfide) groups is 1. The van der Waals surface area contributed by atoms with Crippen molar-refractivity contribution in [1.82, 2.24) is 0 Å². The Labute approximate surface area is 68.7 Å². The SMILES string of the molecule is CSC(OC=S)S(=O)(=O)O. The summed E-state index contributed by atoms with van der Waals surface area (Å²) in [5, 5.41) is 0. The molecular weight excluding hydrogens is 196 g/mol. The zero-order valence-corrected chi connectivity index (χ0v) is 7.50. The van der Waals surface area contributed by atoms with Crippen LogP contribution in [0.25, 0.3) is 0 Å². The maximum absolute atomic E-state index is 10.3. The number of rotatable bonds is 4. The standard InChI is InChI=1S/C3H6O4S3/c1-9-3(7-2-8)10(4,5)6/h2-3H,1H3,(H,4,5,6). The van der Waals surface area contributed by atoms with Crippen LogP contribution in [0, 0.1) is 0 Å². The van der Waals surface area contributed by atoms with Crippen LogP contribution in [0.2, 0.25) is 0 Å². The molecule has 0 aromatic heterocycles. The van der Waals surface area contributed by atoms with Gasteiger partial charge in [0, 0.05) is 0 Å². The predicted octanol–water partition coefficient (Wildman–Crippen LogP) is 0.495. The maximum atomic E-state index is 10.3. The monoisotopic (exact) mass is 202 g/mol. The molecule has 0 aromatic rings. The first-order valence-corrected chi connectivity index (χ1v) is 5.37. The van der Waals surface area contributed by atoms with Crippen molar-refractivity contribution in [2.24, 2.45) is 0 Å². The summed E-state index contributed by atoms with van der Waals surface area (Å²) in [7, 11) is -4.13. The van der Waals surface area contributed by atoms with E-state index in [9.17, 15) is 8.42 Å². The van der Waals surface area contributed by atoms with Crippen LogP contribution in [0.3, 0.4) is 0 Å². The molecular formula is C3H6O4S3. The molecule has 0 radical (unpaired) electrons. The van der Waals surface area contributed by atoms with Crippen LogP contribution in [-0.2, 0) is 14.9 Å². The molecule has 0 heterocycles. The van der Waals surface area contributed by atoms with Crippen LogP contribution in [0.1, 0.15) is 0 Å². The first-order valence-electron chi connectivity index (χ1n) is 2.10. The van der Waals surface area contributed by atoms with Crippen LogP contribution in [0.15, 0.2) is 0 Å². The third-order valence-electron chi connectivity index (χ3n) is 0.602. The van der Waals surface area contributed by atoms with Gasteiger partial charge in [-0.15, -0.1) is 11.8 Å². The Morgan fingerprint density at radius 3 is 2.40 bits per heavy atom. The Kier molecular flexibility index (Phi) is 4.18. The number of ether oxygens (including phenoxy) is 1. The summed E-state index contributed by atoms with van der Waals surface area (Å²) < 4.78 is 32.0. The highest BCUT2D eigenvalue weighted by Crippen LogP contribution is 2.12. The molecule has 0 saturated carbocycles. The van der Waals surface area contributed by atoms with E-state index in [2.05, 4.69) is 17.0 Å². The van der Waals surface area contributed by atoms with Crippen molar-refractivity contribution in [3.8, 4) is 0 Å². The largest absolute Gasteiger partial charge is 0.458 e. The normalized spacial score (nSPS) is 14.2. The average molecular weight is 202 g/mol. The highest BCUT2D eigenvalue weighted by atomic mass is 32.3. The topological polar surface area (TPSA) is 63.6 Å². The molecule has 0 rings (SSSR count). The van der Waals surface area contributed by atoms with Crippen LogP contribution >= 0.6 is 24.0 Å². The first kappa shape index (κ1) is 10.2. The fourth-order valence-electron chi connectivity index (χ4n) is 0.293. The molecule has 7 heteroatoms. The van der Waals surface area contributed by atoms with Crippen molar-refractivity contribution in [2.75, 3.05) is 6.26 Å². The smallest absolute Gasteiger partial charge is 0.313 e. The van der Waals surface area contributed by atoms with Crippen LogP contribution in [0.5, 0.6) is 0 Å². The van der Waals surface area contributed by atoms with Crippen molar-refractivity contribution in [2.45, 2.75) is 4.77 Å². The highest BCUT2D eigenvalue weighted by molar-refractivity contribution is 8.11. The maximum Gasteiger partial charge on any atom is 0.313 e. The Morgan fingerprint density at radius 1 is 1.80 bits per heavy atom. The summed E-state index contributed by atoms with van der Waals surface area (Å²) in [4.78, 5) is 0. The zero-order chi connectivity index (χ0) is 8.20. The molecule has 0 amide bonds. The number of thiocarbonyl (C=S) groups is 1. The Morgan fingerprint density at radius 2 is 2.30 bits per heavy atom. The minimum absolute atomic E-state index is 0.801. The quantitative estimate of drug-likeness (QED) is 0.407. The van der Waals surface area contributed by atoms with Gasteiger partial charge in [-0.05, 0) is 18.5 Å². The minimum Gasteiger partial charge on any atom is -0.458 e. The van der Waals surface area contributed by atoms with E-state index in [0.717, 1.165) is 17.3 Å². The summed E-state index contributed by atoms with van der Waals surface area (Å²) in [5.74, 6) is 0. The highest BCUT2D eigenvalue weighted by Gasteiger charge is 2.21. The van der Waals surface area contributed by atoms with Gasteiger partial charge in [0.1, 0.15) is 5.55 Å². The second-order valence-electron chi connectivity index (χ2n) is 1.27. The summed E-state index contributed by atoms with van der Waals surface area (Å²) in [6.45, 7) is 0. The summed E-state index contributed by atoms with van der Waals surface area (Å²) >= 11 is 5.07. The molecule has 60 valence electrons. The van der Waals surface area contributed by atoms with Gasteiger partial charge in [0.05, 0.1) is 0 Å². The molecule has 0 aliphatic heterocycles. The van der Waals surface area contributed by atoms with E-state index in [-0.39, 0.29) is 0 Å². The Hall–Kier alpha value is 0.150. The van der Waals surface area contributed by atoms with E-state index in [4.69, 9.17) is 4.55 Å². The van der Waals surface area contributed by atoms with E-state index in [1.807, 2.05) is 0 Å². The molecule has 10 heavy (non-hydrogen) atoms. The Balaban J connectivity index is 4.22. The summed E-state index contributed by atoms with van der Waals surface area (Å²) in [6, 6.07) is 0. The van der Waals surface area contributed by atoms with Gasteiger partial charge in [0.25, 0.3) is 4.77 Å². The lowest BCUT2D eigenvalue weighted by molar-refractivity contribution is 0.336. The van der Waals surface area contributed by atoms with Crippen LogP contribution in [0.4, 0.5) is 0 Å². The van der Waals surface area contributed by atoms with Crippen molar-refractivity contribution >= 4 is 39.7 Å². The van der Waals surface area contributed by atoms with Gasteiger partial charge in [-0.25, -0.2) is 0 Å². The lowest BCUT2D eigenvalue weighted by Crippen LogP contribution is -2.18. The van der Waals surface area contributed by atoms with Crippen LogP contribution < -0.4 is 0 Å². The molecule has 0 fully saturated rings. The molecule has 1 atom stereocenters. The summed E-state index contributed by atoms with van der Waals surface area (Å²) in [5.41, 5.74) is 0.801. The molecule has 0 aromatic carbocycles. The fraction of sp³-hybridized carbons (Fsp3) is 0.667. The Bertz CT molecular complexity index is 196. The number of hydrogen-bond acceptors (Lipinski definition) is 5. The third kappa shape index (κ3) is 3.35. The second kappa shape index (κ2) is 4.12.